The van der Waals surface area contributed by atoms with Crippen molar-refractivity contribution in [3.8, 4) is 0 Å². The van der Waals surface area contributed by atoms with Crippen LogP contribution in [0.3, 0.4) is 0 Å². The standard InChI is InChI=1S/C11H25NO4/c1-10(11(14-3)15-4)12-6-5-7-16-9-8-13-2/h10-12H,5-9H2,1-4H3. The number of ether oxygens (including phenoxy) is 4. The van der Waals surface area contributed by atoms with Gasteiger partial charge in [0.25, 0.3) is 0 Å². The van der Waals surface area contributed by atoms with Crippen molar-refractivity contribution in [2.24, 2.45) is 0 Å². The predicted octanol–water partition coefficient (Wildman–Crippen LogP) is 0.637. The molecule has 0 aromatic heterocycles. The van der Waals surface area contributed by atoms with E-state index >= 15 is 0 Å². The number of rotatable bonds is 11. The van der Waals surface area contributed by atoms with E-state index in [4.69, 9.17) is 18.9 Å². The van der Waals surface area contributed by atoms with E-state index in [1.54, 1.807) is 21.3 Å². The minimum absolute atomic E-state index is 0.175. The van der Waals surface area contributed by atoms with Crippen LogP contribution in [0.5, 0.6) is 0 Å². The Labute approximate surface area is 98.4 Å². The maximum Gasteiger partial charge on any atom is 0.171 e. The maximum atomic E-state index is 5.34. The lowest BCUT2D eigenvalue weighted by Gasteiger charge is -2.22. The van der Waals surface area contributed by atoms with Gasteiger partial charge in [0.15, 0.2) is 6.29 Å². The Kier molecular flexibility index (Phi) is 11.1. The summed E-state index contributed by atoms with van der Waals surface area (Å²) in [7, 11) is 4.95. The first kappa shape index (κ1) is 15.8. The minimum atomic E-state index is -0.200. The number of methoxy groups -OCH3 is 3. The van der Waals surface area contributed by atoms with Crippen LogP contribution in [0.25, 0.3) is 0 Å². The molecule has 5 nitrogen and oxygen atoms in total. The molecular formula is C11H25NO4. The Morgan fingerprint density at radius 1 is 1.00 bits per heavy atom. The van der Waals surface area contributed by atoms with Gasteiger partial charge < -0.3 is 24.3 Å². The average Bonchev–Trinajstić information content (AvgIpc) is 2.29. The van der Waals surface area contributed by atoms with E-state index in [1.165, 1.54) is 0 Å². The molecule has 0 bridgehead atoms. The van der Waals surface area contributed by atoms with Crippen LogP contribution in [0.2, 0.25) is 0 Å². The van der Waals surface area contributed by atoms with Crippen LogP contribution >= 0.6 is 0 Å². The molecule has 0 aromatic rings. The van der Waals surface area contributed by atoms with Gasteiger partial charge in [-0.15, -0.1) is 0 Å². The normalized spacial score (nSPS) is 13.3. The van der Waals surface area contributed by atoms with Crippen molar-refractivity contribution in [2.45, 2.75) is 25.7 Å². The van der Waals surface area contributed by atoms with Gasteiger partial charge in [-0.05, 0) is 19.9 Å². The van der Waals surface area contributed by atoms with Crippen LogP contribution in [0.15, 0.2) is 0 Å². The summed E-state index contributed by atoms with van der Waals surface area (Å²) >= 11 is 0. The van der Waals surface area contributed by atoms with E-state index in [0.717, 1.165) is 19.6 Å². The zero-order valence-electron chi connectivity index (χ0n) is 10.8. The SMILES string of the molecule is COCCOCCCNC(C)C(OC)OC. The van der Waals surface area contributed by atoms with E-state index in [-0.39, 0.29) is 12.3 Å². The van der Waals surface area contributed by atoms with Gasteiger partial charge in [-0.25, -0.2) is 0 Å². The number of hydrogen-bond acceptors (Lipinski definition) is 5. The lowest BCUT2D eigenvalue weighted by molar-refractivity contribution is -0.119. The highest BCUT2D eigenvalue weighted by Gasteiger charge is 2.13. The highest BCUT2D eigenvalue weighted by molar-refractivity contribution is 4.64. The zero-order valence-corrected chi connectivity index (χ0v) is 10.8. The van der Waals surface area contributed by atoms with Crippen molar-refractivity contribution in [2.75, 3.05) is 47.7 Å². The first-order valence-corrected chi connectivity index (χ1v) is 5.62. The quantitative estimate of drug-likeness (QED) is 0.420. The molecule has 16 heavy (non-hydrogen) atoms. The summed E-state index contributed by atoms with van der Waals surface area (Å²) in [6.07, 6.45) is 0.767. The van der Waals surface area contributed by atoms with E-state index in [0.29, 0.717) is 13.2 Å². The maximum absolute atomic E-state index is 5.34. The van der Waals surface area contributed by atoms with E-state index in [1.807, 2.05) is 6.92 Å². The first-order valence-electron chi connectivity index (χ1n) is 5.62. The highest BCUT2D eigenvalue weighted by Crippen LogP contribution is 1.98. The van der Waals surface area contributed by atoms with Crippen molar-refractivity contribution in [1.82, 2.24) is 5.32 Å². The van der Waals surface area contributed by atoms with Gasteiger partial charge >= 0.3 is 0 Å². The summed E-state index contributed by atoms with van der Waals surface area (Å²) in [6.45, 7) is 4.97. The third-order valence-corrected chi connectivity index (χ3v) is 2.24. The topological polar surface area (TPSA) is 49.0 Å². The molecule has 0 aliphatic heterocycles. The Balaban J connectivity index is 3.30. The lowest BCUT2D eigenvalue weighted by atomic mass is 10.3. The van der Waals surface area contributed by atoms with Crippen LogP contribution < -0.4 is 5.32 Å². The third kappa shape index (κ3) is 8.01. The number of nitrogens with one attached hydrogen (secondary N) is 1. The molecule has 0 spiro atoms. The summed E-state index contributed by atoms with van der Waals surface area (Å²) in [6, 6.07) is 0.175. The Bertz CT molecular complexity index is 142. The van der Waals surface area contributed by atoms with Crippen molar-refractivity contribution in [3.63, 3.8) is 0 Å². The fourth-order valence-corrected chi connectivity index (χ4v) is 1.35. The van der Waals surface area contributed by atoms with Crippen LogP contribution in [-0.4, -0.2) is 60.0 Å². The molecule has 0 aromatic carbocycles. The van der Waals surface area contributed by atoms with Gasteiger partial charge in [-0.3, -0.25) is 0 Å². The Hall–Kier alpha value is -0.200. The van der Waals surface area contributed by atoms with Gasteiger partial charge in [0, 0.05) is 27.9 Å². The molecule has 0 heterocycles. The molecule has 1 unspecified atom stereocenters. The van der Waals surface area contributed by atoms with Crippen molar-refractivity contribution in [3.05, 3.63) is 0 Å². The van der Waals surface area contributed by atoms with Crippen LogP contribution in [0.1, 0.15) is 13.3 Å². The van der Waals surface area contributed by atoms with Gasteiger partial charge in [-0.2, -0.15) is 0 Å². The first-order chi connectivity index (χ1) is 7.76. The summed E-state index contributed by atoms with van der Waals surface area (Å²) in [5.74, 6) is 0. The van der Waals surface area contributed by atoms with Gasteiger partial charge in [0.05, 0.1) is 19.3 Å². The lowest BCUT2D eigenvalue weighted by Crippen LogP contribution is -2.40. The molecule has 0 saturated heterocycles. The number of hydrogen-bond donors (Lipinski definition) is 1. The Morgan fingerprint density at radius 2 is 1.69 bits per heavy atom. The van der Waals surface area contributed by atoms with E-state index < -0.39 is 0 Å². The molecule has 5 heteroatoms. The second kappa shape index (κ2) is 11.3. The molecule has 0 fully saturated rings. The predicted molar refractivity (Wildman–Crippen MR) is 62.6 cm³/mol. The minimum Gasteiger partial charge on any atom is -0.382 e. The van der Waals surface area contributed by atoms with Gasteiger partial charge in [0.2, 0.25) is 0 Å². The van der Waals surface area contributed by atoms with Crippen LogP contribution in [0, 0.1) is 0 Å². The highest BCUT2D eigenvalue weighted by atomic mass is 16.7. The van der Waals surface area contributed by atoms with Crippen LogP contribution in [0.4, 0.5) is 0 Å². The summed E-state index contributed by atoms with van der Waals surface area (Å²) in [5.41, 5.74) is 0. The molecule has 0 amide bonds. The smallest absolute Gasteiger partial charge is 0.171 e. The average molecular weight is 235 g/mol. The summed E-state index contributed by atoms with van der Waals surface area (Å²) in [4.78, 5) is 0. The fourth-order valence-electron chi connectivity index (χ4n) is 1.35. The van der Waals surface area contributed by atoms with Gasteiger partial charge in [0.1, 0.15) is 0 Å². The second-order valence-electron chi connectivity index (χ2n) is 3.54. The van der Waals surface area contributed by atoms with Crippen molar-refractivity contribution in [1.29, 1.82) is 0 Å². The van der Waals surface area contributed by atoms with E-state index in [2.05, 4.69) is 5.32 Å². The summed E-state index contributed by atoms with van der Waals surface area (Å²) < 4.78 is 20.5. The van der Waals surface area contributed by atoms with Gasteiger partial charge in [-0.1, -0.05) is 0 Å². The van der Waals surface area contributed by atoms with Crippen LogP contribution in [-0.2, 0) is 18.9 Å². The Morgan fingerprint density at radius 3 is 2.25 bits per heavy atom. The molecule has 0 radical (unpaired) electrons. The monoisotopic (exact) mass is 235 g/mol. The molecule has 0 aliphatic rings. The second-order valence-corrected chi connectivity index (χ2v) is 3.54. The molecule has 98 valence electrons. The largest absolute Gasteiger partial charge is 0.382 e. The molecule has 0 aliphatic carbocycles. The fraction of sp³-hybridized carbons (Fsp3) is 1.00. The zero-order chi connectivity index (χ0) is 12.2. The van der Waals surface area contributed by atoms with Crippen molar-refractivity contribution >= 4 is 0 Å². The molecule has 0 rings (SSSR count). The molecular weight excluding hydrogens is 210 g/mol. The molecule has 0 saturated carbocycles. The van der Waals surface area contributed by atoms with E-state index in [9.17, 15) is 0 Å². The third-order valence-electron chi connectivity index (χ3n) is 2.24. The molecule has 1 N–H and O–H groups in total. The summed E-state index contributed by atoms with van der Waals surface area (Å²) in [5, 5.41) is 3.31. The molecule has 1 atom stereocenters. The van der Waals surface area contributed by atoms with Crippen molar-refractivity contribution < 1.29 is 18.9 Å².